The summed E-state index contributed by atoms with van der Waals surface area (Å²) in [5.41, 5.74) is 1.99. The molecule has 0 radical (unpaired) electrons. The van der Waals surface area contributed by atoms with E-state index >= 15 is 0 Å². The minimum absolute atomic E-state index is 0.214. The summed E-state index contributed by atoms with van der Waals surface area (Å²) in [5, 5.41) is 3.39. The highest BCUT2D eigenvalue weighted by molar-refractivity contribution is 7.15. The monoisotopic (exact) mass is 381 g/mol. The second-order valence-electron chi connectivity index (χ2n) is 6.47. The van der Waals surface area contributed by atoms with Gasteiger partial charge in [0.15, 0.2) is 10.9 Å². The number of nitrogens with zero attached hydrogens (tertiary/aromatic N) is 2. The predicted molar refractivity (Wildman–Crippen MR) is 105 cm³/mol. The largest absolute Gasteiger partial charge is 0.483 e. The molecule has 27 heavy (non-hydrogen) atoms. The van der Waals surface area contributed by atoms with E-state index in [0.717, 1.165) is 30.5 Å². The van der Waals surface area contributed by atoms with E-state index in [4.69, 9.17) is 4.74 Å². The van der Waals surface area contributed by atoms with Crippen molar-refractivity contribution in [3.05, 3.63) is 74.6 Å². The lowest BCUT2D eigenvalue weighted by molar-refractivity contribution is 0.101. The van der Waals surface area contributed by atoms with Gasteiger partial charge in [0.2, 0.25) is 5.43 Å². The Hall–Kier alpha value is -2.93. The molecular weight excluding hydrogens is 362 g/mol. The summed E-state index contributed by atoms with van der Waals surface area (Å²) < 4.78 is 7.22. The van der Waals surface area contributed by atoms with Gasteiger partial charge < -0.3 is 9.30 Å². The van der Waals surface area contributed by atoms with Crippen LogP contribution < -0.4 is 15.5 Å². The molecule has 0 fully saturated rings. The molecule has 0 bridgehead atoms. The van der Waals surface area contributed by atoms with Crippen LogP contribution >= 0.6 is 11.3 Å². The highest BCUT2D eigenvalue weighted by Crippen LogP contribution is 2.30. The van der Waals surface area contributed by atoms with Gasteiger partial charge in [-0.15, -0.1) is 11.3 Å². The average molecular weight is 381 g/mol. The molecule has 1 N–H and O–H groups in total. The molecule has 2 heterocycles. The van der Waals surface area contributed by atoms with Gasteiger partial charge in [0, 0.05) is 18.0 Å². The molecule has 4 rings (SSSR count). The number of anilines is 1. The maximum absolute atomic E-state index is 12.6. The summed E-state index contributed by atoms with van der Waals surface area (Å²) in [5.74, 6) is -0.136. The summed E-state index contributed by atoms with van der Waals surface area (Å²) in [6.07, 6.45) is 4.66. The zero-order chi connectivity index (χ0) is 18.8. The first-order valence-electron chi connectivity index (χ1n) is 8.77. The molecule has 1 aliphatic carbocycles. The minimum atomic E-state index is -0.350. The van der Waals surface area contributed by atoms with Crippen molar-refractivity contribution in [2.24, 2.45) is 7.05 Å². The Morgan fingerprint density at radius 1 is 1.30 bits per heavy atom. The molecule has 1 aliphatic rings. The van der Waals surface area contributed by atoms with Gasteiger partial charge >= 0.3 is 0 Å². The molecule has 7 heteroatoms. The first-order valence-corrected chi connectivity index (χ1v) is 9.59. The summed E-state index contributed by atoms with van der Waals surface area (Å²) in [4.78, 5) is 30.6. The van der Waals surface area contributed by atoms with Crippen molar-refractivity contribution in [2.45, 2.75) is 25.9 Å². The fourth-order valence-electron chi connectivity index (χ4n) is 3.08. The lowest BCUT2D eigenvalue weighted by Crippen LogP contribution is -2.21. The number of carbonyl (C=O) groups excluding carboxylic acids is 1. The number of aryl methyl sites for hydroxylation is 3. The number of carbonyl (C=O) groups is 1. The van der Waals surface area contributed by atoms with E-state index < -0.39 is 0 Å². The SMILES string of the molecule is Cn1cc(OCc2ccccc2)c(=O)cc1C(=O)Nc1nc2c(s1)CCC2. The summed E-state index contributed by atoms with van der Waals surface area (Å²) in [6, 6.07) is 10.9. The smallest absolute Gasteiger partial charge is 0.274 e. The summed E-state index contributed by atoms with van der Waals surface area (Å²) in [7, 11) is 1.71. The van der Waals surface area contributed by atoms with Crippen molar-refractivity contribution in [1.82, 2.24) is 9.55 Å². The van der Waals surface area contributed by atoms with E-state index in [1.54, 1.807) is 17.8 Å². The number of benzene rings is 1. The maximum atomic E-state index is 12.6. The van der Waals surface area contributed by atoms with E-state index in [1.165, 1.54) is 22.3 Å². The third-order valence-electron chi connectivity index (χ3n) is 4.49. The molecule has 0 aliphatic heterocycles. The van der Waals surface area contributed by atoms with E-state index in [-0.39, 0.29) is 22.8 Å². The van der Waals surface area contributed by atoms with Crippen molar-refractivity contribution in [2.75, 3.05) is 5.32 Å². The Kier molecular flexibility index (Phi) is 4.77. The Morgan fingerprint density at radius 2 is 2.11 bits per heavy atom. The van der Waals surface area contributed by atoms with Crippen LogP contribution in [-0.2, 0) is 26.5 Å². The van der Waals surface area contributed by atoms with Crippen LogP contribution in [0.25, 0.3) is 0 Å². The van der Waals surface area contributed by atoms with E-state index in [2.05, 4.69) is 10.3 Å². The first-order chi connectivity index (χ1) is 13.1. The number of fused-ring (bicyclic) bond motifs is 1. The number of hydrogen-bond acceptors (Lipinski definition) is 5. The lowest BCUT2D eigenvalue weighted by atomic mass is 10.2. The van der Waals surface area contributed by atoms with E-state index in [0.29, 0.717) is 11.7 Å². The quantitative estimate of drug-likeness (QED) is 0.737. The number of ether oxygens (including phenoxy) is 1. The van der Waals surface area contributed by atoms with Crippen LogP contribution in [0.15, 0.2) is 47.4 Å². The molecule has 0 atom stereocenters. The molecule has 0 saturated carbocycles. The number of pyridine rings is 1. The van der Waals surface area contributed by atoms with Crippen molar-refractivity contribution in [3.63, 3.8) is 0 Å². The van der Waals surface area contributed by atoms with Crippen LogP contribution in [-0.4, -0.2) is 15.5 Å². The average Bonchev–Trinajstić information content (AvgIpc) is 3.24. The summed E-state index contributed by atoms with van der Waals surface area (Å²) >= 11 is 1.51. The standard InChI is InChI=1S/C20H19N3O3S/c1-23-11-17(26-12-13-6-3-2-4-7-13)16(24)10-15(23)19(25)22-20-21-14-8-5-9-18(14)27-20/h2-4,6-7,10-11H,5,8-9,12H2,1H3,(H,21,22,25). The van der Waals surface area contributed by atoms with E-state index in [1.807, 2.05) is 30.3 Å². The number of hydrogen-bond donors (Lipinski definition) is 1. The molecule has 0 spiro atoms. The normalized spacial score (nSPS) is 12.6. The molecule has 3 aromatic rings. The van der Waals surface area contributed by atoms with Gasteiger partial charge in [0.25, 0.3) is 5.91 Å². The molecule has 138 valence electrons. The number of amides is 1. The van der Waals surface area contributed by atoms with Gasteiger partial charge in [-0.3, -0.25) is 14.9 Å². The van der Waals surface area contributed by atoms with Crippen molar-refractivity contribution in [3.8, 4) is 5.75 Å². The Balaban J connectivity index is 1.48. The second-order valence-corrected chi connectivity index (χ2v) is 7.55. The van der Waals surface area contributed by atoms with Gasteiger partial charge in [0.1, 0.15) is 12.3 Å². The van der Waals surface area contributed by atoms with Crippen LogP contribution in [0, 0.1) is 0 Å². The Bertz CT molecular complexity index is 1020. The molecule has 1 aromatic carbocycles. The van der Waals surface area contributed by atoms with Crippen molar-refractivity contribution in [1.29, 1.82) is 0 Å². The maximum Gasteiger partial charge on any atom is 0.274 e. The molecule has 2 aromatic heterocycles. The van der Waals surface area contributed by atoms with Gasteiger partial charge in [0.05, 0.1) is 11.9 Å². The number of rotatable bonds is 5. The number of aromatic nitrogens is 2. The van der Waals surface area contributed by atoms with Crippen LogP contribution in [0.4, 0.5) is 5.13 Å². The Morgan fingerprint density at radius 3 is 2.89 bits per heavy atom. The number of thiazole rings is 1. The fraction of sp³-hybridized carbons (Fsp3) is 0.250. The Labute approximate surface area is 160 Å². The molecule has 6 nitrogen and oxygen atoms in total. The molecule has 0 saturated heterocycles. The van der Waals surface area contributed by atoms with Crippen LogP contribution in [0.1, 0.15) is 33.0 Å². The molecular formula is C20H19N3O3S. The van der Waals surface area contributed by atoms with Gasteiger partial charge in [-0.25, -0.2) is 4.98 Å². The highest BCUT2D eigenvalue weighted by atomic mass is 32.1. The topological polar surface area (TPSA) is 73.2 Å². The highest BCUT2D eigenvalue weighted by Gasteiger charge is 2.19. The van der Waals surface area contributed by atoms with Gasteiger partial charge in [-0.05, 0) is 24.8 Å². The van der Waals surface area contributed by atoms with Crippen LogP contribution in [0.5, 0.6) is 5.75 Å². The lowest BCUT2D eigenvalue weighted by Gasteiger charge is -2.11. The molecule has 1 amide bonds. The minimum Gasteiger partial charge on any atom is -0.483 e. The first kappa shape index (κ1) is 17.5. The summed E-state index contributed by atoms with van der Waals surface area (Å²) in [6.45, 7) is 0.298. The zero-order valence-electron chi connectivity index (χ0n) is 14.9. The third kappa shape index (κ3) is 3.78. The van der Waals surface area contributed by atoms with Crippen LogP contribution in [0.3, 0.4) is 0 Å². The number of nitrogens with one attached hydrogen (secondary N) is 1. The second kappa shape index (κ2) is 7.36. The van der Waals surface area contributed by atoms with Gasteiger partial charge in [-0.1, -0.05) is 30.3 Å². The fourth-order valence-corrected chi connectivity index (χ4v) is 4.13. The van der Waals surface area contributed by atoms with Crippen LogP contribution in [0.2, 0.25) is 0 Å². The zero-order valence-corrected chi connectivity index (χ0v) is 15.7. The van der Waals surface area contributed by atoms with Crippen molar-refractivity contribution >= 4 is 22.4 Å². The predicted octanol–water partition coefficient (Wildman–Crippen LogP) is 3.16. The van der Waals surface area contributed by atoms with Gasteiger partial charge in [-0.2, -0.15) is 0 Å². The third-order valence-corrected chi connectivity index (χ3v) is 5.56. The molecule has 0 unspecified atom stereocenters. The van der Waals surface area contributed by atoms with Crippen molar-refractivity contribution < 1.29 is 9.53 Å². The van der Waals surface area contributed by atoms with E-state index in [9.17, 15) is 9.59 Å².